The molecule has 0 aliphatic heterocycles. The molecule has 1 heterocycles. The highest BCUT2D eigenvalue weighted by atomic mass is 32.2. The van der Waals surface area contributed by atoms with Crippen LogP contribution in [-0.2, 0) is 16.0 Å². The van der Waals surface area contributed by atoms with Crippen molar-refractivity contribution in [2.45, 2.75) is 24.6 Å². The zero-order chi connectivity index (χ0) is 20.8. The quantitative estimate of drug-likeness (QED) is 0.529. The van der Waals surface area contributed by atoms with E-state index in [-0.39, 0.29) is 29.8 Å². The van der Waals surface area contributed by atoms with Gasteiger partial charge in [-0.1, -0.05) is 17.8 Å². The summed E-state index contributed by atoms with van der Waals surface area (Å²) in [7, 11) is 0. The van der Waals surface area contributed by atoms with Crippen LogP contribution < -0.4 is 10.6 Å². The van der Waals surface area contributed by atoms with Crippen molar-refractivity contribution >= 4 is 46.3 Å². The topological polar surface area (TPSA) is 71.1 Å². The van der Waals surface area contributed by atoms with E-state index >= 15 is 0 Å². The molecule has 150 valence electrons. The third-order valence-corrected chi connectivity index (χ3v) is 6.19. The number of nitrogens with one attached hydrogen (secondary N) is 2. The summed E-state index contributed by atoms with van der Waals surface area (Å²) in [6.45, 7) is 4.02. The summed E-state index contributed by atoms with van der Waals surface area (Å²) in [5.74, 6) is -0.511. The van der Waals surface area contributed by atoms with Crippen molar-refractivity contribution in [1.29, 1.82) is 0 Å². The molecule has 0 aliphatic carbocycles. The molecule has 0 saturated carbocycles. The van der Waals surface area contributed by atoms with Gasteiger partial charge in [0.15, 0.2) is 4.34 Å². The highest BCUT2D eigenvalue weighted by Gasteiger charge is 2.11. The summed E-state index contributed by atoms with van der Waals surface area (Å²) in [6, 6.07) is 11.4. The monoisotopic (exact) mass is 429 g/mol. The molecule has 0 aliphatic rings. The lowest BCUT2D eigenvalue weighted by Crippen LogP contribution is -2.15. The van der Waals surface area contributed by atoms with Crippen molar-refractivity contribution in [3.8, 4) is 0 Å². The van der Waals surface area contributed by atoms with Crippen LogP contribution in [-0.4, -0.2) is 22.6 Å². The fourth-order valence-corrected chi connectivity index (χ4v) is 4.13. The number of rotatable bonds is 7. The van der Waals surface area contributed by atoms with Crippen molar-refractivity contribution in [1.82, 2.24) is 4.98 Å². The molecule has 2 aromatic carbocycles. The van der Waals surface area contributed by atoms with Crippen LogP contribution in [0.15, 0.2) is 52.2 Å². The molecule has 3 aromatic rings. The fraction of sp³-hybridized carbons (Fsp3) is 0.190. The van der Waals surface area contributed by atoms with Crippen LogP contribution in [0, 0.1) is 19.7 Å². The Balaban J connectivity index is 1.47. The molecule has 2 amide bonds. The van der Waals surface area contributed by atoms with Gasteiger partial charge in [0.25, 0.3) is 0 Å². The molecule has 3 rings (SSSR count). The first-order valence-corrected chi connectivity index (χ1v) is 10.8. The Kier molecular flexibility index (Phi) is 7.00. The third-order valence-electron chi connectivity index (χ3n) is 4.12. The molecule has 0 radical (unpaired) electrons. The predicted octanol–water partition coefficient (Wildman–Crippen LogP) is 4.81. The number of amides is 2. The van der Waals surface area contributed by atoms with E-state index in [2.05, 4.69) is 15.6 Å². The molecule has 0 atom stereocenters. The maximum absolute atomic E-state index is 12.9. The molecule has 0 spiro atoms. The number of halogens is 1. The molecule has 1 aromatic heterocycles. The van der Waals surface area contributed by atoms with Gasteiger partial charge in [-0.3, -0.25) is 9.59 Å². The van der Waals surface area contributed by atoms with Gasteiger partial charge in [-0.25, -0.2) is 9.37 Å². The first-order valence-electron chi connectivity index (χ1n) is 8.89. The molecule has 0 fully saturated rings. The fourth-order valence-electron chi connectivity index (χ4n) is 2.48. The number of thioether (sulfide) groups is 1. The van der Waals surface area contributed by atoms with Crippen LogP contribution in [0.2, 0.25) is 0 Å². The molecular formula is C21H20FN3O2S2. The van der Waals surface area contributed by atoms with E-state index in [9.17, 15) is 14.0 Å². The van der Waals surface area contributed by atoms with Crippen molar-refractivity contribution in [3.05, 3.63) is 70.5 Å². The number of benzene rings is 2. The number of carbonyl (C=O) groups is 2. The van der Waals surface area contributed by atoms with Crippen molar-refractivity contribution in [2.75, 3.05) is 16.4 Å². The standard InChI is InChI=1S/C21H20FN3O2S2/c1-13-3-6-17(9-14(13)2)24-19(26)10-18-11-28-21(25-18)29-12-20(27)23-16-7-4-15(22)5-8-16/h3-9,11H,10,12H2,1-2H3,(H,23,27)(H,24,26). The first kappa shape index (κ1) is 21.0. The predicted molar refractivity (Wildman–Crippen MR) is 116 cm³/mol. The molecule has 29 heavy (non-hydrogen) atoms. The number of thiazole rings is 1. The molecule has 8 heteroatoms. The Morgan fingerprint density at radius 3 is 2.41 bits per heavy atom. The molecule has 5 nitrogen and oxygen atoms in total. The van der Waals surface area contributed by atoms with E-state index < -0.39 is 0 Å². The Morgan fingerprint density at radius 1 is 1.00 bits per heavy atom. The number of carbonyl (C=O) groups excluding carboxylic acids is 2. The van der Waals surface area contributed by atoms with Gasteiger partial charge in [0.05, 0.1) is 17.9 Å². The van der Waals surface area contributed by atoms with Crippen LogP contribution in [0.25, 0.3) is 0 Å². The number of hydrogen-bond donors (Lipinski definition) is 2. The second-order valence-electron chi connectivity index (χ2n) is 6.47. The Morgan fingerprint density at radius 2 is 1.69 bits per heavy atom. The largest absolute Gasteiger partial charge is 0.326 e. The van der Waals surface area contributed by atoms with Gasteiger partial charge in [-0.05, 0) is 61.4 Å². The van der Waals surface area contributed by atoms with Crippen LogP contribution in [0.1, 0.15) is 16.8 Å². The summed E-state index contributed by atoms with van der Waals surface area (Å²) in [5, 5.41) is 7.40. The third kappa shape index (κ3) is 6.40. The summed E-state index contributed by atoms with van der Waals surface area (Å²) >= 11 is 2.69. The number of nitrogens with zero attached hydrogens (tertiary/aromatic N) is 1. The first-order chi connectivity index (χ1) is 13.9. The summed E-state index contributed by atoms with van der Waals surface area (Å²) < 4.78 is 13.6. The van der Waals surface area contributed by atoms with Crippen LogP contribution >= 0.6 is 23.1 Å². The maximum atomic E-state index is 12.9. The average molecular weight is 430 g/mol. The van der Waals surface area contributed by atoms with Gasteiger partial charge < -0.3 is 10.6 Å². The van der Waals surface area contributed by atoms with E-state index in [1.54, 1.807) is 0 Å². The van der Waals surface area contributed by atoms with E-state index in [4.69, 9.17) is 0 Å². The summed E-state index contributed by atoms with van der Waals surface area (Å²) in [4.78, 5) is 28.6. The Hall–Kier alpha value is -2.71. The van der Waals surface area contributed by atoms with Crippen LogP contribution in [0.3, 0.4) is 0 Å². The van der Waals surface area contributed by atoms with Gasteiger partial charge >= 0.3 is 0 Å². The highest BCUT2D eigenvalue weighted by Crippen LogP contribution is 2.23. The SMILES string of the molecule is Cc1ccc(NC(=O)Cc2csc(SCC(=O)Nc3ccc(F)cc3)n2)cc1C. The van der Waals surface area contributed by atoms with E-state index in [1.807, 2.05) is 37.4 Å². The minimum Gasteiger partial charge on any atom is -0.326 e. The van der Waals surface area contributed by atoms with Gasteiger partial charge in [-0.15, -0.1) is 11.3 Å². The number of aromatic nitrogens is 1. The Bertz CT molecular complexity index is 1020. The minimum absolute atomic E-state index is 0.135. The lowest BCUT2D eigenvalue weighted by molar-refractivity contribution is -0.116. The Labute approximate surface area is 176 Å². The number of aryl methyl sites for hydroxylation is 2. The van der Waals surface area contributed by atoms with E-state index in [0.717, 1.165) is 11.3 Å². The lowest BCUT2D eigenvalue weighted by atomic mass is 10.1. The van der Waals surface area contributed by atoms with Crippen molar-refractivity contribution < 1.29 is 14.0 Å². The summed E-state index contributed by atoms with van der Waals surface area (Å²) in [6.07, 6.45) is 0.172. The lowest BCUT2D eigenvalue weighted by Gasteiger charge is -2.06. The van der Waals surface area contributed by atoms with Gasteiger partial charge in [0, 0.05) is 16.8 Å². The second kappa shape index (κ2) is 9.67. The van der Waals surface area contributed by atoms with E-state index in [1.165, 1.54) is 52.9 Å². The van der Waals surface area contributed by atoms with Gasteiger partial charge in [0.2, 0.25) is 11.8 Å². The average Bonchev–Trinajstić information content (AvgIpc) is 3.12. The molecule has 0 saturated heterocycles. The molecule has 2 N–H and O–H groups in total. The smallest absolute Gasteiger partial charge is 0.234 e. The zero-order valence-electron chi connectivity index (χ0n) is 16.0. The highest BCUT2D eigenvalue weighted by molar-refractivity contribution is 8.01. The van der Waals surface area contributed by atoms with Crippen molar-refractivity contribution in [2.24, 2.45) is 0 Å². The van der Waals surface area contributed by atoms with Gasteiger partial charge in [-0.2, -0.15) is 0 Å². The minimum atomic E-state index is -0.353. The molecule has 0 unspecified atom stereocenters. The summed E-state index contributed by atoms with van der Waals surface area (Å²) in [5.41, 5.74) is 4.26. The number of hydrogen-bond acceptors (Lipinski definition) is 5. The van der Waals surface area contributed by atoms with Crippen molar-refractivity contribution in [3.63, 3.8) is 0 Å². The normalized spacial score (nSPS) is 10.6. The second-order valence-corrected chi connectivity index (χ2v) is 8.55. The molecular weight excluding hydrogens is 409 g/mol. The van der Waals surface area contributed by atoms with E-state index in [0.29, 0.717) is 15.7 Å². The number of anilines is 2. The van der Waals surface area contributed by atoms with Crippen LogP contribution in [0.5, 0.6) is 0 Å². The zero-order valence-corrected chi connectivity index (χ0v) is 17.6. The van der Waals surface area contributed by atoms with Gasteiger partial charge in [0.1, 0.15) is 5.82 Å². The van der Waals surface area contributed by atoms with Crippen LogP contribution in [0.4, 0.5) is 15.8 Å². The molecule has 0 bridgehead atoms. The maximum Gasteiger partial charge on any atom is 0.234 e.